The van der Waals surface area contributed by atoms with Crippen LogP contribution in [0.15, 0.2) is 52.3 Å². The molecule has 3 N–H and O–H groups in total. The van der Waals surface area contributed by atoms with Gasteiger partial charge in [-0.25, -0.2) is 21.6 Å². The Labute approximate surface area is 155 Å². The molecule has 0 radical (unpaired) electrons. The molecule has 136 valence electrons. The number of nitrogens with one attached hydrogen (secondary N) is 2. The van der Waals surface area contributed by atoms with Crippen molar-refractivity contribution in [1.29, 1.82) is 0 Å². The molecule has 0 amide bonds. The fourth-order valence-electron chi connectivity index (χ4n) is 1.87. The van der Waals surface area contributed by atoms with Crippen LogP contribution in [0, 0.1) is 0 Å². The number of anilines is 1. The van der Waals surface area contributed by atoms with Gasteiger partial charge in [-0.3, -0.25) is 4.72 Å². The molecule has 2 aromatic rings. The molecule has 0 heterocycles. The van der Waals surface area contributed by atoms with E-state index in [4.69, 9.17) is 28.3 Å². The third-order valence-electron chi connectivity index (χ3n) is 3.00. The molecule has 0 spiro atoms. The maximum atomic E-state index is 12.4. The van der Waals surface area contributed by atoms with Gasteiger partial charge >= 0.3 is 0 Å². The highest BCUT2D eigenvalue weighted by Gasteiger charge is 2.19. The van der Waals surface area contributed by atoms with Crippen molar-refractivity contribution < 1.29 is 21.9 Å². The lowest BCUT2D eigenvalue weighted by atomic mass is 10.3. The summed E-state index contributed by atoms with van der Waals surface area (Å²) in [4.78, 5) is -0.215. The summed E-state index contributed by atoms with van der Waals surface area (Å²) in [5, 5.41) is 8.94. The summed E-state index contributed by atoms with van der Waals surface area (Å²) in [7, 11) is -7.73. The highest BCUT2D eigenvalue weighted by atomic mass is 35.5. The first kappa shape index (κ1) is 20.0. The lowest BCUT2D eigenvalue weighted by molar-refractivity contribution is 0.301. The van der Waals surface area contributed by atoms with Crippen LogP contribution in [0.25, 0.3) is 0 Å². The number of rotatable bonds is 7. The molecule has 0 aliphatic rings. The lowest BCUT2D eigenvalue weighted by Crippen LogP contribution is -2.26. The molecule has 0 atom stereocenters. The average molecular weight is 425 g/mol. The van der Waals surface area contributed by atoms with Gasteiger partial charge in [-0.2, -0.15) is 0 Å². The molecule has 0 saturated heterocycles. The molecule has 7 nitrogen and oxygen atoms in total. The predicted octanol–water partition coefficient (Wildman–Crippen LogP) is 2.06. The Morgan fingerprint density at radius 1 is 0.920 bits per heavy atom. The fourth-order valence-corrected chi connectivity index (χ4v) is 4.72. The van der Waals surface area contributed by atoms with E-state index >= 15 is 0 Å². The minimum Gasteiger partial charge on any atom is -0.395 e. The Morgan fingerprint density at radius 3 is 2.12 bits per heavy atom. The minimum absolute atomic E-state index is 0.0348. The van der Waals surface area contributed by atoms with Crippen LogP contribution in [0.5, 0.6) is 0 Å². The molecule has 0 fully saturated rings. The first-order valence-corrected chi connectivity index (χ1v) is 10.6. The number of sulfonamides is 2. The third-order valence-corrected chi connectivity index (χ3v) is 6.58. The molecule has 0 bridgehead atoms. The van der Waals surface area contributed by atoms with E-state index in [-0.39, 0.29) is 33.7 Å². The standard InChI is InChI=1S/C14H14Cl2N2O5S2/c15-10-1-6-14(13(16)9-10)25(22,23)18-11-2-4-12(5-3-11)24(20,21)17-7-8-19/h1-6,9,17-19H,7-8H2. The second-order valence-corrected chi connectivity index (χ2v) is 9.09. The zero-order chi connectivity index (χ0) is 18.7. The largest absolute Gasteiger partial charge is 0.395 e. The summed E-state index contributed by atoms with van der Waals surface area (Å²) in [6.45, 7) is -0.454. The van der Waals surface area contributed by atoms with Crippen molar-refractivity contribution in [2.75, 3.05) is 17.9 Å². The van der Waals surface area contributed by atoms with Crippen LogP contribution < -0.4 is 9.44 Å². The zero-order valence-corrected chi connectivity index (χ0v) is 15.8. The minimum atomic E-state index is -3.96. The van der Waals surface area contributed by atoms with E-state index in [1.54, 1.807) is 0 Å². The molecule has 0 aromatic heterocycles. The summed E-state index contributed by atoms with van der Waals surface area (Å²) in [6, 6.07) is 9.04. The van der Waals surface area contributed by atoms with Crippen molar-refractivity contribution in [1.82, 2.24) is 4.72 Å². The van der Waals surface area contributed by atoms with Crippen molar-refractivity contribution >= 4 is 48.9 Å². The first-order chi connectivity index (χ1) is 11.7. The molecule has 0 aliphatic heterocycles. The van der Waals surface area contributed by atoms with Gasteiger partial charge in [0.1, 0.15) is 4.90 Å². The Morgan fingerprint density at radius 2 is 1.56 bits per heavy atom. The number of benzene rings is 2. The average Bonchev–Trinajstić information content (AvgIpc) is 2.52. The Balaban J connectivity index is 2.23. The first-order valence-electron chi connectivity index (χ1n) is 6.84. The van der Waals surface area contributed by atoms with Gasteiger partial charge in [-0.05, 0) is 42.5 Å². The third kappa shape index (κ3) is 5.06. The van der Waals surface area contributed by atoms with Gasteiger partial charge in [0.2, 0.25) is 10.0 Å². The van der Waals surface area contributed by atoms with Crippen LogP contribution in [0.2, 0.25) is 10.0 Å². The van der Waals surface area contributed by atoms with Gasteiger partial charge in [0.15, 0.2) is 0 Å². The van der Waals surface area contributed by atoms with Gasteiger partial charge < -0.3 is 5.11 Å². The van der Waals surface area contributed by atoms with Gasteiger partial charge in [0.25, 0.3) is 10.0 Å². The monoisotopic (exact) mass is 424 g/mol. The summed E-state index contributed by atoms with van der Waals surface area (Å²) >= 11 is 11.6. The van der Waals surface area contributed by atoms with Gasteiger partial charge in [0, 0.05) is 17.3 Å². The van der Waals surface area contributed by atoms with Crippen LogP contribution in [0.1, 0.15) is 0 Å². The van der Waals surface area contributed by atoms with Crippen LogP contribution in [-0.2, 0) is 20.0 Å². The maximum Gasteiger partial charge on any atom is 0.263 e. The van der Waals surface area contributed by atoms with Crippen LogP contribution in [-0.4, -0.2) is 35.1 Å². The van der Waals surface area contributed by atoms with E-state index in [1.807, 2.05) is 0 Å². The molecule has 2 aromatic carbocycles. The Hall–Kier alpha value is -1.36. The number of aliphatic hydroxyl groups is 1. The van der Waals surface area contributed by atoms with E-state index < -0.39 is 20.0 Å². The van der Waals surface area contributed by atoms with Crippen molar-refractivity contribution in [3.8, 4) is 0 Å². The van der Waals surface area contributed by atoms with Crippen molar-refractivity contribution in [2.45, 2.75) is 9.79 Å². The van der Waals surface area contributed by atoms with Gasteiger partial charge in [0.05, 0.1) is 16.5 Å². The van der Waals surface area contributed by atoms with Crippen molar-refractivity contribution in [3.05, 3.63) is 52.5 Å². The second-order valence-electron chi connectivity index (χ2n) is 4.83. The quantitative estimate of drug-likeness (QED) is 0.629. The van der Waals surface area contributed by atoms with E-state index in [0.717, 1.165) is 0 Å². The SMILES string of the molecule is O=S(=O)(NCCO)c1ccc(NS(=O)(=O)c2ccc(Cl)cc2Cl)cc1. The summed E-state index contributed by atoms with van der Waals surface area (Å²) in [6.07, 6.45) is 0. The highest BCUT2D eigenvalue weighted by Crippen LogP contribution is 2.27. The summed E-state index contributed by atoms with van der Waals surface area (Å²) in [5.74, 6) is 0. The molecule has 25 heavy (non-hydrogen) atoms. The Kier molecular flexibility index (Phi) is 6.30. The van der Waals surface area contributed by atoms with Crippen LogP contribution >= 0.6 is 23.2 Å². The molecular formula is C14H14Cl2N2O5S2. The van der Waals surface area contributed by atoms with Crippen molar-refractivity contribution in [3.63, 3.8) is 0 Å². The van der Waals surface area contributed by atoms with E-state index in [2.05, 4.69) is 9.44 Å². The van der Waals surface area contributed by atoms with E-state index in [0.29, 0.717) is 5.02 Å². The summed E-state index contributed by atoms with van der Waals surface area (Å²) in [5.41, 5.74) is 0.159. The number of aliphatic hydroxyl groups excluding tert-OH is 1. The molecule has 0 saturated carbocycles. The topological polar surface area (TPSA) is 113 Å². The Bertz CT molecular complexity index is 961. The smallest absolute Gasteiger partial charge is 0.263 e. The highest BCUT2D eigenvalue weighted by molar-refractivity contribution is 7.92. The van der Waals surface area contributed by atoms with Crippen LogP contribution in [0.4, 0.5) is 5.69 Å². The molecule has 0 unspecified atom stereocenters. The number of hydrogen-bond donors (Lipinski definition) is 3. The lowest BCUT2D eigenvalue weighted by Gasteiger charge is -2.11. The second kappa shape index (κ2) is 7.90. The predicted molar refractivity (Wildman–Crippen MR) is 96.0 cm³/mol. The normalized spacial score (nSPS) is 12.1. The molecule has 0 aliphatic carbocycles. The van der Waals surface area contributed by atoms with E-state index in [1.165, 1.54) is 42.5 Å². The molecule has 2 rings (SSSR count). The van der Waals surface area contributed by atoms with Gasteiger partial charge in [-0.1, -0.05) is 23.2 Å². The fraction of sp³-hybridized carbons (Fsp3) is 0.143. The van der Waals surface area contributed by atoms with Crippen LogP contribution in [0.3, 0.4) is 0 Å². The molecular weight excluding hydrogens is 411 g/mol. The number of hydrogen-bond acceptors (Lipinski definition) is 5. The maximum absolute atomic E-state index is 12.4. The molecule has 11 heteroatoms. The zero-order valence-electron chi connectivity index (χ0n) is 12.6. The van der Waals surface area contributed by atoms with Gasteiger partial charge in [-0.15, -0.1) is 0 Å². The number of halogens is 2. The van der Waals surface area contributed by atoms with Crippen molar-refractivity contribution in [2.24, 2.45) is 0 Å². The van der Waals surface area contributed by atoms with E-state index in [9.17, 15) is 16.8 Å². The summed E-state index contributed by atoms with van der Waals surface area (Å²) < 4.78 is 53.0.